The minimum absolute atomic E-state index is 0.625. The minimum Gasteiger partial charge on any atom is -0.480 e. The van der Waals surface area contributed by atoms with Gasteiger partial charge in [0.25, 0.3) is 0 Å². The van der Waals surface area contributed by atoms with Gasteiger partial charge in [-0.2, -0.15) is 0 Å². The zero-order valence-corrected chi connectivity index (χ0v) is 11.1. The molecule has 0 unspecified atom stereocenters. The lowest BCUT2D eigenvalue weighted by Gasteiger charge is -2.24. The smallest absolute Gasteiger partial charge is 0.408 e. The molecule has 0 aliphatic rings. The predicted octanol–water partition coefficient (Wildman–Crippen LogP) is 0.916. The van der Waals surface area contributed by atoms with E-state index >= 15 is 0 Å². The summed E-state index contributed by atoms with van der Waals surface area (Å²) in [4.78, 5) is 33.1. The maximum absolute atomic E-state index is 11.4. The summed E-state index contributed by atoms with van der Waals surface area (Å²) in [7, 11) is 0. The highest BCUT2D eigenvalue weighted by atomic mass is 16.6. The number of hydrogen-bond donors (Lipinski definition) is 2. The molecule has 104 valence electrons. The molecule has 0 aromatic carbocycles. The zero-order chi connectivity index (χ0) is 14.5. The van der Waals surface area contributed by atoms with Crippen molar-refractivity contribution < 1.29 is 29.0 Å². The maximum atomic E-state index is 11.4. The van der Waals surface area contributed by atoms with Gasteiger partial charge in [0, 0.05) is 6.92 Å². The second kappa shape index (κ2) is 6.23. The summed E-state index contributed by atoms with van der Waals surface area (Å²) >= 11 is 0. The first-order valence-electron chi connectivity index (χ1n) is 5.42. The third-order valence-corrected chi connectivity index (χ3v) is 1.76. The fraction of sp³-hybridized carbons (Fsp3) is 0.727. The lowest BCUT2D eigenvalue weighted by molar-refractivity contribution is -0.152. The van der Waals surface area contributed by atoms with Crippen LogP contribution >= 0.6 is 0 Å². The second-order valence-corrected chi connectivity index (χ2v) is 4.78. The first-order chi connectivity index (χ1) is 8.03. The van der Waals surface area contributed by atoms with Crippen LogP contribution in [0.1, 0.15) is 34.6 Å². The van der Waals surface area contributed by atoms with Crippen LogP contribution < -0.4 is 5.32 Å². The Labute approximate surface area is 105 Å². The first-order valence-corrected chi connectivity index (χ1v) is 5.42. The van der Waals surface area contributed by atoms with E-state index in [1.807, 2.05) is 0 Å². The largest absolute Gasteiger partial charge is 0.480 e. The molecule has 2 N–H and O–H groups in total. The van der Waals surface area contributed by atoms with Crippen molar-refractivity contribution in [3.05, 3.63) is 0 Å². The predicted molar refractivity (Wildman–Crippen MR) is 62.0 cm³/mol. The van der Waals surface area contributed by atoms with Crippen LogP contribution in [0.2, 0.25) is 0 Å². The molecule has 0 rings (SSSR count). The molecule has 0 aliphatic heterocycles. The Kier molecular flexibility index (Phi) is 5.61. The molecule has 0 bridgehead atoms. The molecule has 1 amide bonds. The van der Waals surface area contributed by atoms with Crippen molar-refractivity contribution in [1.29, 1.82) is 0 Å². The third-order valence-electron chi connectivity index (χ3n) is 1.76. The Hall–Kier alpha value is -1.79. The summed E-state index contributed by atoms with van der Waals surface area (Å²) < 4.78 is 9.63. The lowest BCUT2D eigenvalue weighted by Crippen LogP contribution is -2.50. The molecule has 0 aromatic heterocycles. The summed E-state index contributed by atoms with van der Waals surface area (Å²) in [6, 6.07) is -1.36. The van der Waals surface area contributed by atoms with Crippen molar-refractivity contribution in [3.8, 4) is 0 Å². The molecule has 2 atom stereocenters. The molecule has 0 saturated heterocycles. The molecule has 0 spiro atoms. The molecule has 7 nitrogen and oxygen atoms in total. The van der Waals surface area contributed by atoms with Crippen LogP contribution in [0, 0.1) is 0 Å². The van der Waals surface area contributed by atoms with Crippen LogP contribution in [-0.4, -0.2) is 40.9 Å². The molecule has 0 aromatic rings. The van der Waals surface area contributed by atoms with Crippen molar-refractivity contribution in [2.24, 2.45) is 0 Å². The molecule has 0 fully saturated rings. The molecule has 0 heterocycles. The van der Waals surface area contributed by atoms with Crippen molar-refractivity contribution in [3.63, 3.8) is 0 Å². The Morgan fingerprint density at radius 2 is 1.72 bits per heavy atom. The Balaban J connectivity index is 4.59. The van der Waals surface area contributed by atoms with Crippen LogP contribution in [-0.2, 0) is 19.1 Å². The van der Waals surface area contributed by atoms with Gasteiger partial charge in [-0.15, -0.1) is 0 Å². The number of carboxylic acid groups (broad SMARTS) is 1. The number of carboxylic acids is 1. The summed E-state index contributed by atoms with van der Waals surface area (Å²) in [5.41, 5.74) is -0.738. The quantitative estimate of drug-likeness (QED) is 0.729. The van der Waals surface area contributed by atoms with Gasteiger partial charge in [0.15, 0.2) is 6.04 Å². The molecule has 7 heteroatoms. The van der Waals surface area contributed by atoms with Gasteiger partial charge < -0.3 is 19.9 Å². The summed E-state index contributed by atoms with van der Waals surface area (Å²) in [6.45, 7) is 7.48. The van der Waals surface area contributed by atoms with E-state index in [1.165, 1.54) is 6.92 Å². The van der Waals surface area contributed by atoms with Crippen molar-refractivity contribution in [2.75, 3.05) is 0 Å². The van der Waals surface area contributed by atoms with E-state index in [0.717, 1.165) is 6.92 Å². The Morgan fingerprint density at radius 1 is 1.22 bits per heavy atom. The number of hydrogen-bond acceptors (Lipinski definition) is 5. The van der Waals surface area contributed by atoms with E-state index < -0.39 is 35.8 Å². The van der Waals surface area contributed by atoms with E-state index in [1.54, 1.807) is 20.8 Å². The number of esters is 1. The summed E-state index contributed by atoms with van der Waals surface area (Å²) in [6.07, 6.45) is -1.87. The first kappa shape index (κ1) is 16.2. The van der Waals surface area contributed by atoms with Gasteiger partial charge in [-0.05, 0) is 27.7 Å². The van der Waals surface area contributed by atoms with Crippen LogP contribution in [0.3, 0.4) is 0 Å². The number of nitrogens with one attached hydrogen (secondary N) is 1. The summed E-state index contributed by atoms with van der Waals surface area (Å²) in [5, 5.41) is 11.1. The maximum Gasteiger partial charge on any atom is 0.408 e. The Bertz CT molecular complexity index is 333. The van der Waals surface area contributed by atoms with Crippen molar-refractivity contribution in [1.82, 2.24) is 5.32 Å². The van der Waals surface area contributed by atoms with Gasteiger partial charge in [0.2, 0.25) is 0 Å². The number of ether oxygens (including phenoxy) is 2. The lowest BCUT2D eigenvalue weighted by atomic mass is 10.2. The zero-order valence-electron chi connectivity index (χ0n) is 11.1. The van der Waals surface area contributed by atoms with E-state index in [2.05, 4.69) is 5.32 Å². The standard InChI is InChI=1S/C11H19NO6/c1-6(17-7(2)13)8(9(14)15)12-10(16)18-11(3,4)5/h6,8H,1-5H3,(H,12,16)(H,14,15)/t6-,8+/m0/s1. The molecule has 0 saturated carbocycles. The fourth-order valence-electron chi connectivity index (χ4n) is 1.14. The van der Waals surface area contributed by atoms with E-state index in [4.69, 9.17) is 14.6 Å². The van der Waals surface area contributed by atoms with Gasteiger partial charge in [-0.3, -0.25) is 4.79 Å². The average molecular weight is 261 g/mol. The Morgan fingerprint density at radius 3 is 2.06 bits per heavy atom. The minimum atomic E-state index is -1.36. The monoisotopic (exact) mass is 261 g/mol. The number of carbonyl (C=O) groups is 3. The normalized spacial score (nSPS) is 14.3. The molecule has 18 heavy (non-hydrogen) atoms. The number of aliphatic carboxylic acids is 1. The SMILES string of the molecule is CC(=O)O[C@@H](C)[C@@H](NC(=O)OC(C)(C)C)C(=O)O. The molecular weight excluding hydrogens is 242 g/mol. The van der Waals surface area contributed by atoms with Crippen molar-refractivity contribution in [2.45, 2.75) is 52.4 Å². The highest BCUT2D eigenvalue weighted by Crippen LogP contribution is 2.08. The highest BCUT2D eigenvalue weighted by Gasteiger charge is 2.30. The highest BCUT2D eigenvalue weighted by molar-refractivity contribution is 5.81. The van der Waals surface area contributed by atoms with Crippen molar-refractivity contribution >= 4 is 18.0 Å². The van der Waals surface area contributed by atoms with Gasteiger partial charge in [0.05, 0.1) is 0 Å². The number of alkyl carbamates (subject to hydrolysis) is 1. The van der Waals surface area contributed by atoms with E-state index in [-0.39, 0.29) is 0 Å². The molecule has 0 radical (unpaired) electrons. The second-order valence-electron chi connectivity index (χ2n) is 4.78. The average Bonchev–Trinajstić information content (AvgIpc) is 2.09. The number of amides is 1. The van der Waals surface area contributed by atoms with Crippen LogP contribution in [0.5, 0.6) is 0 Å². The fourth-order valence-corrected chi connectivity index (χ4v) is 1.14. The third kappa shape index (κ3) is 6.72. The van der Waals surface area contributed by atoms with Crippen LogP contribution in [0.4, 0.5) is 4.79 Å². The van der Waals surface area contributed by atoms with Gasteiger partial charge in [-0.1, -0.05) is 0 Å². The topological polar surface area (TPSA) is 102 Å². The molecular formula is C11H19NO6. The van der Waals surface area contributed by atoms with Gasteiger partial charge in [0.1, 0.15) is 11.7 Å². The van der Waals surface area contributed by atoms with Crippen LogP contribution in [0.15, 0.2) is 0 Å². The number of carbonyl (C=O) groups excluding carboxylic acids is 2. The van der Waals surface area contributed by atoms with E-state index in [0.29, 0.717) is 0 Å². The van der Waals surface area contributed by atoms with Crippen LogP contribution in [0.25, 0.3) is 0 Å². The van der Waals surface area contributed by atoms with E-state index in [9.17, 15) is 14.4 Å². The number of rotatable bonds is 4. The van der Waals surface area contributed by atoms with Gasteiger partial charge in [-0.25, -0.2) is 9.59 Å². The summed E-state index contributed by atoms with van der Waals surface area (Å²) in [5.74, 6) is -1.94. The molecule has 0 aliphatic carbocycles. The van der Waals surface area contributed by atoms with Gasteiger partial charge >= 0.3 is 18.0 Å².